The first-order valence-electron chi connectivity index (χ1n) is 8.14. The lowest BCUT2D eigenvalue weighted by Crippen LogP contribution is -2.43. The fourth-order valence-electron chi connectivity index (χ4n) is 2.57. The molecule has 0 aliphatic heterocycles. The molecule has 1 saturated carbocycles. The Morgan fingerprint density at radius 1 is 1.36 bits per heavy atom. The van der Waals surface area contributed by atoms with Crippen LogP contribution in [0.1, 0.15) is 42.3 Å². The molecule has 0 unspecified atom stereocenters. The normalized spacial score (nSPS) is 15.7. The first-order valence-corrected chi connectivity index (χ1v) is 8.96. The summed E-state index contributed by atoms with van der Waals surface area (Å²) in [5, 5.41) is 7.86. The van der Waals surface area contributed by atoms with Gasteiger partial charge in [0.25, 0.3) is 0 Å². The van der Waals surface area contributed by atoms with Gasteiger partial charge in [-0.3, -0.25) is 9.89 Å². The molecular weight excluding hydrogens is 294 g/mol. The first-order chi connectivity index (χ1) is 10.5. The molecule has 2 N–H and O–H groups in total. The van der Waals surface area contributed by atoms with Crippen LogP contribution in [0.25, 0.3) is 0 Å². The van der Waals surface area contributed by atoms with Crippen LogP contribution in [-0.4, -0.2) is 48.1 Å². The number of aryl methyl sites for hydroxylation is 2. The Hall–Kier alpha value is -1.14. The molecule has 0 aromatic carbocycles. The molecule has 0 bridgehead atoms. The van der Waals surface area contributed by atoms with Crippen molar-refractivity contribution in [2.24, 2.45) is 4.99 Å². The molecule has 0 saturated heterocycles. The SMILES string of the molecule is CN=C(NCCN(C(C)C)C1CC1)NCc1nc(C)c(C)s1. The van der Waals surface area contributed by atoms with Gasteiger partial charge in [-0.05, 0) is 40.5 Å². The highest BCUT2D eigenvalue weighted by Gasteiger charge is 2.30. The van der Waals surface area contributed by atoms with Crippen LogP contribution < -0.4 is 10.6 Å². The van der Waals surface area contributed by atoms with E-state index in [1.165, 1.54) is 17.7 Å². The Morgan fingerprint density at radius 2 is 2.09 bits per heavy atom. The molecule has 1 aromatic rings. The van der Waals surface area contributed by atoms with E-state index >= 15 is 0 Å². The van der Waals surface area contributed by atoms with E-state index in [-0.39, 0.29) is 0 Å². The minimum absolute atomic E-state index is 0.616. The van der Waals surface area contributed by atoms with Gasteiger partial charge in [0, 0.05) is 37.1 Å². The van der Waals surface area contributed by atoms with Crippen LogP contribution in [0.2, 0.25) is 0 Å². The van der Waals surface area contributed by atoms with Crippen LogP contribution in [0.3, 0.4) is 0 Å². The number of rotatable bonds is 7. The average Bonchev–Trinajstić information content (AvgIpc) is 3.25. The van der Waals surface area contributed by atoms with Gasteiger partial charge in [0.1, 0.15) is 5.01 Å². The van der Waals surface area contributed by atoms with E-state index in [1.807, 2.05) is 7.05 Å². The van der Waals surface area contributed by atoms with Crippen LogP contribution in [-0.2, 0) is 6.54 Å². The van der Waals surface area contributed by atoms with Gasteiger partial charge >= 0.3 is 0 Å². The highest BCUT2D eigenvalue weighted by molar-refractivity contribution is 7.11. The van der Waals surface area contributed by atoms with E-state index in [0.29, 0.717) is 6.04 Å². The van der Waals surface area contributed by atoms with E-state index in [1.54, 1.807) is 11.3 Å². The maximum Gasteiger partial charge on any atom is 0.191 e. The largest absolute Gasteiger partial charge is 0.355 e. The number of thiazole rings is 1. The molecule has 1 heterocycles. The van der Waals surface area contributed by atoms with Gasteiger partial charge in [-0.25, -0.2) is 4.98 Å². The van der Waals surface area contributed by atoms with Crippen molar-refractivity contribution in [2.45, 2.75) is 59.2 Å². The third kappa shape index (κ3) is 4.95. The first kappa shape index (κ1) is 17.2. The summed E-state index contributed by atoms with van der Waals surface area (Å²) in [6, 6.07) is 1.42. The van der Waals surface area contributed by atoms with Crippen molar-refractivity contribution in [2.75, 3.05) is 20.1 Å². The molecular formula is C16H29N5S. The van der Waals surface area contributed by atoms with Crippen molar-refractivity contribution in [1.82, 2.24) is 20.5 Å². The lowest BCUT2D eigenvalue weighted by molar-refractivity contribution is 0.215. The van der Waals surface area contributed by atoms with E-state index < -0.39 is 0 Å². The molecule has 1 aliphatic carbocycles. The lowest BCUT2D eigenvalue weighted by Gasteiger charge is -2.26. The van der Waals surface area contributed by atoms with Gasteiger partial charge in [0.15, 0.2) is 5.96 Å². The molecule has 1 fully saturated rings. The molecule has 6 heteroatoms. The lowest BCUT2D eigenvalue weighted by atomic mass is 10.3. The molecule has 2 rings (SSSR count). The number of hydrogen-bond acceptors (Lipinski definition) is 4. The quantitative estimate of drug-likeness (QED) is 0.597. The zero-order valence-electron chi connectivity index (χ0n) is 14.4. The zero-order chi connectivity index (χ0) is 16.1. The van der Waals surface area contributed by atoms with Crippen LogP contribution in [0, 0.1) is 13.8 Å². The molecule has 1 aromatic heterocycles. The van der Waals surface area contributed by atoms with E-state index in [9.17, 15) is 0 Å². The summed E-state index contributed by atoms with van der Waals surface area (Å²) in [5.74, 6) is 0.852. The molecule has 0 radical (unpaired) electrons. The third-order valence-electron chi connectivity index (χ3n) is 4.05. The number of aromatic nitrogens is 1. The summed E-state index contributed by atoms with van der Waals surface area (Å²) >= 11 is 1.75. The highest BCUT2D eigenvalue weighted by Crippen LogP contribution is 2.27. The molecule has 0 atom stereocenters. The summed E-state index contributed by atoms with van der Waals surface area (Å²) in [7, 11) is 1.81. The van der Waals surface area contributed by atoms with Crippen LogP contribution in [0.15, 0.2) is 4.99 Å². The highest BCUT2D eigenvalue weighted by atomic mass is 32.1. The molecule has 0 spiro atoms. The van der Waals surface area contributed by atoms with Crippen LogP contribution in [0.5, 0.6) is 0 Å². The summed E-state index contributed by atoms with van der Waals surface area (Å²) in [4.78, 5) is 12.7. The predicted molar refractivity (Wildman–Crippen MR) is 94.7 cm³/mol. The number of guanidine groups is 1. The van der Waals surface area contributed by atoms with Crippen molar-refractivity contribution < 1.29 is 0 Å². The number of nitrogens with zero attached hydrogens (tertiary/aromatic N) is 3. The van der Waals surface area contributed by atoms with Crippen LogP contribution >= 0.6 is 11.3 Å². The van der Waals surface area contributed by atoms with Crippen molar-refractivity contribution >= 4 is 17.3 Å². The second-order valence-electron chi connectivity index (χ2n) is 6.16. The minimum Gasteiger partial charge on any atom is -0.355 e. The Balaban J connectivity index is 1.73. The van der Waals surface area contributed by atoms with Gasteiger partial charge in [-0.15, -0.1) is 11.3 Å². The molecule has 5 nitrogen and oxygen atoms in total. The van der Waals surface area contributed by atoms with E-state index in [2.05, 4.69) is 53.2 Å². The fraction of sp³-hybridized carbons (Fsp3) is 0.750. The summed E-state index contributed by atoms with van der Waals surface area (Å²) in [6.07, 6.45) is 2.71. The minimum atomic E-state index is 0.616. The van der Waals surface area contributed by atoms with Crippen molar-refractivity contribution in [3.8, 4) is 0 Å². The third-order valence-corrected chi connectivity index (χ3v) is 5.12. The summed E-state index contributed by atoms with van der Waals surface area (Å²) in [5.41, 5.74) is 1.13. The monoisotopic (exact) mass is 323 g/mol. The number of hydrogen-bond donors (Lipinski definition) is 2. The van der Waals surface area contributed by atoms with Crippen molar-refractivity contribution in [3.63, 3.8) is 0 Å². The number of aliphatic imine (C=N–C) groups is 1. The van der Waals surface area contributed by atoms with Crippen molar-refractivity contribution in [1.29, 1.82) is 0 Å². The number of nitrogens with one attached hydrogen (secondary N) is 2. The smallest absolute Gasteiger partial charge is 0.191 e. The molecule has 0 amide bonds. The Morgan fingerprint density at radius 3 is 2.59 bits per heavy atom. The maximum absolute atomic E-state index is 4.54. The second kappa shape index (κ2) is 7.92. The Bertz CT molecular complexity index is 483. The van der Waals surface area contributed by atoms with Gasteiger partial charge in [0.2, 0.25) is 0 Å². The van der Waals surface area contributed by atoms with E-state index in [4.69, 9.17) is 0 Å². The molecule has 22 heavy (non-hydrogen) atoms. The molecule has 124 valence electrons. The Labute approximate surface area is 138 Å². The average molecular weight is 324 g/mol. The van der Waals surface area contributed by atoms with Crippen LogP contribution in [0.4, 0.5) is 0 Å². The summed E-state index contributed by atoms with van der Waals surface area (Å²) in [6.45, 7) is 11.4. The fourth-order valence-corrected chi connectivity index (χ4v) is 3.44. The molecule has 1 aliphatic rings. The van der Waals surface area contributed by atoms with Gasteiger partial charge < -0.3 is 10.6 Å². The van der Waals surface area contributed by atoms with Crippen molar-refractivity contribution in [3.05, 3.63) is 15.6 Å². The predicted octanol–water partition coefficient (Wildman–Crippen LogP) is 2.30. The van der Waals surface area contributed by atoms with E-state index in [0.717, 1.165) is 42.3 Å². The van der Waals surface area contributed by atoms with Gasteiger partial charge in [-0.2, -0.15) is 0 Å². The standard InChI is InChI=1S/C16H29N5S/c1-11(2)21(14-6-7-14)9-8-18-16(17-5)19-10-15-20-12(3)13(4)22-15/h11,14H,6-10H2,1-5H3,(H2,17,18,19). The van der Waals surface area contributed by atoms with Gasteiger partial charge in [-0.1, -0.05) is 0 Å². The maximum atomic E-state index is 4.54. The second-order valence-corrected chi connectivity index (χ2v) is 7.45. The zero-order valence-corrected chi connectivity index (χ0v) is 15.3. The topological polar surface area (TPSA) is 52.6 Å². The Kier molecular flexibility index (Phi) is 6.20. The van der Waals surface area contributed by atoms with Gasteiger partial charge in [0.05, 0.1) is 12.2 Å². The summed E-state index contributed by atoms with van der Waals surface area (Å²) < 4.78 is 0.